The van der Waals surface area contributed by atoms with E-state index < -0.39 is 0 Å². The van der Waals surface area contributed by atoms with Gasteiger partial charge >= 0.3 is 0 Å². The topological polar surface area (TPSA) is 20.3 Å². The molecule has 2 nitrogen and oxygen atoms in total. The second kappa shape index (κ2) is 5.41. The maximum atomic E-state index is 13.2. The lowest BCUT2D eigenvalue weighted by molar-refractivity contribution is 0.111. The summed E-state index contributed by atoms with van der Waals surface area (Å²) in [5, 5.41) is 0. The molecule has 2 rings (SSSR count). The lowest BCUT2D eigenvalue weighted by Crippen LogP contribution is -2.37. The normalized spacial score (nSPS) is 21.4. The standard InChI is InChI=1S/C14H18FNO/c1-11-4-2-3-7-16(11)9-13-8-14(15)6-5-12(13)10-17/h5-6,8,10-11H,2-4,7,9H2,1H3/t11-/m0/s1. The Labute approximate surface area is 101 Å². The minimum atomic E-state index is -0.268. The summed E-state index contributed by atoms with van der Waals surface area (Å²) in [5.74, 6) is -0.268. The molecule has 1 atom stereocenters. The summed E-state index contributed by atoms with van der Waals surface area (Å²) in [5.41, 5.74) is 1.40. The summed E-state index contributed by atoms with van der Waals surface area (Å²) in [6.45, 7) is 3.90. The van der Waals surface area contributed by atoms with Crippen LogP contribution in [0, 0.1) is 5.82 Å². The molecular formula is C14H18FNO. The fourth-order valence-electron chi connectivity index (χ4n) is 2.44. The van der Waals surface area contributed by atoms with Gasteiger partial charge < -0.3 is 0 Å². The lowest BCUT2D eigenvalue weighted by Gasteiger charge is -2.33. The van der Waals surface area contributed by atoms with E-state index in [4.69, 9.17) is 0 Å². The van der Waals surface area contributed by atoms with Crippen molar-refractivity contribution in [1.29, 1.82) is 0 Å². The highest BCUT2D eigenvalue weighted by Gasteiger charge is 2.19. The van der Waals surface area contributed by atoms with Crippen molar-refractivity contribution >= 4 is 6.29 Å². The van der Waals surface area contributed by atoms with Gasteiger partial charge in [-0.05, 0) is 50.1 Å². The highest BCUT2D eigenvalue weighted by molar-refractivity contribution is 5.77. The van der Waals surface area contributed by atoms with Crippen LogP contribution in [0.2, 0.25) is 0 Å². The Hall–Kier alpha value is -1.22. The number of likely N-dealkylation sites (tertiary alicyclic amines) is 1. The molecule has 17 heavy (non-hydrogen) atoms. The van der Waals surface area contributed by atoms with Crippen LogP contribution in [0.3, 0.4) is 0 Å². The van der Waals surface area contributed by atoms with Gasteiger partial charge in [0, 0.05) is 18.2 Å². The molecule has 1 aromatic rings. The first-order chi connectivity index (χ1) is 8.20. The molecule has 0 unspecified atom stereocenters. The zero-order valence-electron chi connectivity index (χ0n) is 10.2. The summed E-state index contributed by atoms with van der Waals surface area (Å²) < 4.78 is 13.2. The van der Waals surface area contributed by atoms with Crippen LogP contribution >= 0.6 is 0 Å². The fraction of sp³-hybridized carbons (Fsp3) is 0.500. The van der Waals surface area contributed by atoms with Gasteiger partial charge in [-0.1, -0.05) is 6.42 Å². The van der Waals surface area contributed by atoms with E-state index in [-0.39, 0.29) is 5.82 Å². The molecule has 0 saturated carbocycles. The van der Waals surface area contributed by atoms with Crippen molar-refractivity contribution in [2.75, 3.05) is 6.54 Å². The molecule has 0 N–H and O–H groups in total. The Kier molecular flexibility index (Phi) is 3.89. The number of carbonyl (C=O) groups is 1. The van der Waals surface area contributed by atoms with E-state index in [1.807, 2.05) is 0 Å². The van der Waals surface area contributed by atoms with Crippen LogP contribution in [0.15, 0.2) is 18.2 Å². The van der Waals surface area contributed by atoms with Gasteiger partial charge in [0.1, 0.15) is 12.1 Å². The van der Waals surface area contributed by atoms with Crippen LogP contribution in [-0.2, 0) is 6.54 Å². The number of halogens is 1. The van der Waals surface area contributed by atoms with E-state index in [0.717, 1.165) is 18.4 Å². The molecule has 1 aliphatic rings. The number of hydrogen-bond acceptors (Lipinski definition) is 2. The maximum absolute atomic E-state index is 13.2. The molecule has 1 saturated heterocycles. The molecule has 0 amide bonds. The molecule has 0 radical (unpaired) electrons. The van der Waals surface area contributed by atoms with Crippen molar-refractivity contribution < 1.29 is 9.18 Å². The Morgan fingerprint density at radius 3 is 3.00 bits per heavy atom. The second-order valence-electron chi connectivity index (χ2n) is 4.78. The summed E-state index contributed by atoms with van der Waals surface area (Å²) in [4.78, 5) is 13.2. The summed E-state index contributed by atoms with van der Waals surface area (Å²) in [7, 11) is 0. The van der Waals surface area contributed by atoms with Crippen LogP contribution in [0.25, 0.3) is 0 Å². The first-order valence-corrected chi connectivity index (χ1v) is 6.18. The molecule has 1 aliphatic heterocycles. The molecule has 1 heterocycles. The molecule has 3 heteroatoms. The van der Waals surface area contributed by atoms with Gasteiger partial charge in [0.2, 0.25) is 0 Å². The third-order valence-corrected chi connectivity index (χ3v) is 3.55. The van der Waals surface area contributed by atoms with E-state index in [1.165, 1.54) is 31.4 Å². The van der Waals surface area contributed by atoms with Gasteiger partial charge in [-0.25, -0.2) is 4.39 Å². The molecule has 0 bridgehead atoms. The number of rotatable bonds is 3. The lowest BCUT2D eigenvalue weighted by atomic mass is 10.0. The monoisotopic (exact) mass is 235 g/mol. The van der Waals surface area contributed by atoms with Crippen LogP contribution in [0.4, 0.5) is 4.39 Å². The number of benzene rings is 1. The predicted octanol–water partition coefficient (Wildman–Crippen LogP) is 3.01. The van der Waals surface area contributed by atoms with E-state index in [9.17, 15) is 9.18 Å². The van der Waals surface area contributed by atoms with Crippen LogP contribution in [0.5, 0.6) is 0 Å². The minimum absolute atomic E-state index is 0.268. The third kappa shape index (κ3) is 2.91. The summed E-state index contributed by atoms with van der Waals surface area (Å²) in [6, 6.07) is 4.90. The van der Waals surface area contributed by atoms with E-state index in [0.29, 0.717) is 18.2 Å². The average molecular weight is 235 g/mol. The fourth-order valence-corrected chi connectivity index (χ4v) is 2.44. The number of carbonyl (C=O) groups excluding carboxylic acids is 1. The van der Waals surface area contributed by atoms with Gasteiger partial charge in [0.25, 0.3) is 0 Å². The first kappa shape index (κ1) is 12.2. The third-order valence-electron chi connectivity index (χ3n) is 3.55. The van der Waals surface area contributed by atoms with E-state index >= 15 is 0 Å². The maximum Gasteiger partial charge on any atom is 0.150 e. The SMILES string of the molecule is C[C@H]1CCCCN1Cc1cc(F)ccc1C=O. The van der Waals surface area contributed by atoms with Gasteiger partial charge in [-0.3, -0.25) is 9.69 Å². The quantitative estimate of drug-likeness (QED) is 0.751. The summed E-state index contributed by atoms with van der Waals surface area (Å²) in [6.07, 6.45) is 4.45. The Balaban J connectivity index is 2.16. The van der Waals surface area contributed by atoms with Gasteiger partial charge in [0.05, 0.1) is 0 Å². The number of hydrogen-bond donors (Lipinski definition) is 0. The van der Waals surface area contributed by atoms with Crippen molar-refractivity contribution in [2.45, 2.75) is 38.8 Å². The number of nitrogens with zero attached hydrogens (tertiary/aromatic N) is 1. The van der Waals surface area contributed by atoms with E-state index in [1.54, 1.807) is 6.07 Å². The zero-order chi connectivity index (χ0) is 12.3. The smallest absolute Gasteiger partial charge is 0.150 e. The molecule has 0 aliphatic carbocycles. The van der Waals surface area contributed by atoms with Crippen LogP contribution in [0.1, 0.15) is 42.1 Å². The molecular weight excluding hydrogens is 217 g/mol. The van der Waals surface area contributed by atoms with Gasteiger partial charge in [-0.2, -0.15) is 0 Å². The highest BCUT2D eigenvalue weighted by atomic mass is 19.1. The highest BCUT2D eigenvalue weighted by Crippen LogP contribution is 2.20. The molecule has 92 valence electrons. The van der Waals surface area contributed by atoms with Crippen LogP contribution in [-0.4, -0.2) is 23.8 Å². The van der Waals surface area contributed by atoms with Crippen molar-refractivity contribution in [1.82, 2.24) is 4.90 Å². The zero-order valence-corrected chi connectivity index (χ0v) is 10.2. The molecule has 1 fully saturated rings. The second-order valence-corrected chi connectivity index (χ2v) is 4.78. The Morgan fingerprint density at radius 2 is 2.29 bits per heavy atom. The predicted molar refractivity (Wildman–Crippen MR) is 65.5 cm³/mol. The van der Waals surface area contributed by atoms with Crippen LogP contribution < -0.4 is 0 Å². The Morgan fingerprint density at radius 1 is 1.47 bits per heavy atom. The number of aldehydes is 1. The number of piperidine rings is 1. The van der Waals surface area contributed by atoms with Gasteiger partial charge in [-0.15, -0.1) is 0 Å². The first-order valence-electron chi connectivity index (χ1n) is 6.18. The Bertz CT molecular complexity index is 405. The largest absolute Gasteiger partial charge is 0.298 e. The minimum Gasteiger partial charge on any atom is -0.298 e. The van der Waals surface area contributed by atoms with Crippen molar-refractivity contribution in [2.24, 2.45) is 0 Å². The van der Waals surface area contributed by atoms with Crippen molar-refractivity contribution in [3.8, 4) is 0 Å². The van der Waals surface area contributed by atoms with Crippen molar-refractivity contribution in [3.63, 3.8) is 0 Å². The molecule has 0 spiro atoms. The summed E-state index contributed by atoms with van der Waals surface area (Å²) >= 11 is 0. The molecule has 0 aromatic heterocycles. The van der Waals surface area contributed by atoms with Crippen molar-refractivity contribution in [3.05, 3.63) is 35.1 Å². The van der Waals surface area contributed by atoms with E-state index in [2.05, 4.69) is 11.8 Å². The molecule has 1 aromatic carbocycles. The van der Waals surface area contributed by atoms with Gasteiger partial charge in [0.15, 0.2) is 0 Å². The average Bonchev–Trinajstić information content (AvgIpc) is 2.32.